The third kappa shape index (κ3) is 2.89. The normalized spacial score (nSPS) is 42.2. The number of hydrogen-bond donors (Lipinski definition) is 4. The predicted octanol–water partition coefficient (Wildman–Crippen LogP) is -0.832. The molecular weight excluding hydrogens is 196 g/mol. The van der Waals surface area contributed by atoms with Gasteiger partial charge in [-0.1, -0.05) is 20.8 Å². The van der Waals surface area contributed by atoms with Crippen molar-refractivity contribution in [3.8, 4) is 0 Å². The van der Waals surface area contributed by atoms with Crippen LogP contribution in [0.1, 0.15) is 27.2 Å². The van der Waals surface area contributed by atoms with Gasteiger partial charge in [0.05, 0.1) is 12.1 Å². The molecule has 0 bridgehead atoms. The average molecular weight is 218 g/mol. The maximum atomic E-state index is 9.89. The molecule has 5 nitrogen and oxygen atoms in total. The van der Waals surface area contributed by atoms with Crippen molar-refractivity contribution in [3.05, 3.63) is 0 Å². The average Bonchev–Trinajstić information content (AvgIpc) is 2.18. The third-order valence-electron chi connectivity index (χ3n) is 2.71. The molecule has 5 heteroatoms. The largest absolute Gasteiger partial charge is 0.389 e. The lowest BCUT2D eigenvalue weighted by Crippen LogP contribution is -2.65. The van der Waals surface area contributed by atoms with Gasteiger partial charge in [0, 0.05) is 6.04 Å². The molecule has 1 aliphatic rings. The molecule has 0 aromatic rings. The number of nitrogens with two attached hydrogens (primary N) is 1. The highest BCUT2D eigenvalue weighted by atomic mass is 16.5. The van der Waals surface area contributed by atoms with Crippen molar-refractivity contribution in [3.63, 3.8) is 0 Å². The molecule has 0 aromatic heterocycles. The van der Waals surface area contributed by atoms with Gasteiger partial charge in [0.2, 0.25) is 0 Å². The second-order valence-corrected chi connectivity index (χ2v) is 4.38. The summed E-state index contributed by atoms with van der Waals surface area (Å²) in [6.45, 7) is 5.80. The zero-order chi connectivity index (χ0) is 11.6. The Labute approximate surface area is 90.6 Å². The zero-order valence-electron chi connectivity index (χ0n) is 9.55. The molecule has 0 radical (unpaired) electrons. The molecule has 0 saturated carbocycles. The summed E-state index contributed by atoms with van der Waals surface area (Å²) in [5.74, 6) is 0. The number of nitrogens with one attached hydrogen (secondary N) is 1. The quantitative estimate of drug-likeness (QED) is 0.496. The highest BCUT2D eigenvalue weighted by Gasteiger charge is 2.42. The Morgan fingerprint density at radius 2 is 1.93 bits per heavy atom. The lowest BCUT2D eigenvalue weighted by molar-refractivity contribution is -0.184. The summed E-state index contributed by atoms with van der Waals surface area (Å²) < 4.78 is 5.44. The Kier molecular flexibility index (Phi) is 4.48. The number of ether oxygens (including phenoxy) is 1. The fraction of sp³-hybridized carbons (Fsp3) is 1.00. The Morgan fingerprint density at radius 3 is 2.40 bits per heavy atom. The van der Waals surface area contributed by atoms with E-state index in [9.17, 15) is 10.2 Å². The summed E-state index contributed by atoms with van der Waals surface area (Å²) in [6, 6.07) is -0.229. The summed E-state index contributed by atoms with van der Waals surface area (Å²) in [4.78, 5) is 0. The molecule has 15 heavy (non-hydrogen) atoms. The molecule has 5 unspecified atom stereocenters. The summed E-state index contributed by atoms with van der Waals surface area (Å²) >= 11 is 0. The number of rotatable bonds is 3. The van der Waals surface area contributed by atoms with E-state index in [1.54, 1.807) is 0 Å². The minimum atomic E-state index is -0.874. The van der Waals surface area contributed by atoms with E-state index in [0.717, 1.165) is 0 Å². The lowest BCUT2D eigenvalue weighted by atomic mass is 9.94. The number of aliphatic hydroxyl groups excluding tert-OH is 2. The summed E-state index contributed by atoms with van der Waals surface area (Å²) in [5, 5.41) is 22.8. The van der Waals surface area contributed by atoms with Crippen LogP contribution in [0.25, 0.3) is 0 Å². The fourth-order valence-corrected chi connectivity index (χ4v) is 1.91. The van der Waals surface area contributed by atoms with Crippen LogP contribution in [0.3, 0.4) is 0 Å². The second-order valence-electron chi connectivity index (χ2n) is 4.38. The van der Waals surface area contributed by atoms with E-state index in [0.29, 0.717) is 6.42 Å². The molecule has 1 saturated heterocycles. The van der Waals surface area contributed by atoms with Crippen molar-refractivity contribution < 1.29 is 14.9 Å². The van der Waals surface area contributed by atoms with Gasteiger partial charge in [-0.15, -0.1) is 0 Å². The van der Waals surface area contributed by atoms with Crippen molar-refractivity contribution in [2.45, 2.75) is 63.8 Å². The zero-order valence-corrected chi connectivity index (χ0v) is 9.55. The highest BCUT2D eigenvalue weighted by molar-refractivity contribution is 4.94. The Hall–Kier alpha value is -0.200. The fourth-order valence-electron chi connectivity index (χ4n) is 1.91. The van der Waals surface area contributed by atoms with Gasteiger partial charge in [-0.2, -0.15) is 0 Å². The first-order valence-electron chi connectivity index (χ1n) is 5.50. The Morgan fingerprint density at radius 1 is 1.33 bits per heavy atom. The molecule has 1 aliphatic heterocycles. The summed E-state index contributed by atoms with van der Waals surface area (Å²) in [5.41, 5.74) is 5.79. The van der Waals surface area contributed by atoms with Crippen molar-refractivity contribution in [1.82, 2.24) is 5.32 Å². The lowest BCUT2D eigenvalue weighted by Gasteiger charge is -2.42. The van der Waals surface area contributed by atoms with Gasteiger partial charge in [-0.25, -0.2) is 0 Å². The van der Waals surface area contributed by atoms with Crippen LogP contribution >= 0.6 is 0 Å². The minimum absolute atomic E-state index is 0.185. The van der Waals surface area contributed by atoms with Gasteiger partial charge in [-0.3, -0.25) is 0 Å². The SMILES string of the molecule is CCC1OC(N)C(NC(C)C)C(O)C1O. The first-order valence-corrected chi connectivity index (χ1v) is 5.50. The van der Waals surface area contributed by atoms with Crippen LogP contribution in [0.2, 0.25) is 0 Å². The van der Waals surface area contributed by atoms with E-state index in [2.05, 4.69) is 5.32 Å². The van der Waals surface area contributed by atoms with Crippen LogP contribution in [-0.4, -0.2) is 46.8 Å². The molecule has 1 rings (SSSR count). The topological polar surface area (TPSA) is 87.7 Å². The van der Waals surface area contributed by atoms with Crippen molar-refractivity contribution in [2.75, 3.05) is 0 Å². The van der Waals surface area contributed by atoms with Gasteiger partial charge >= 0.3 is 0 Å². The van der Waals surface area contributed by atoms with Crippen LogP contribution in [-0.2, 0) is 4.74 Å². The smallest absolute Gasteiger partial charge is 0.124 e. The monoisotopic (exact) mass is 218 g/mol. The van der Waals surface area contributed by atoms with Gasteiger partial charge in [0.25, 0.3) is 0 Å². The first kappa shape index (κ1) is 12.9. The number of aliphatic hydroxyl groups is 2. The van der Waals surface area contributed by atoms with Crippen LogP contribution in [0.15, 0.2) is 0 Å². The maximum Gasteiger partial charge on any atom is 0.124 e. The molecule has 0 aliphatic carbocycles. The van der Waals surface area contributed by atoms with Crippen molar-refractivity contribution >= 4 is 0 Å². The van der Waals surface area contributed by atoms with E-state index in [1.807, 2.05) is 20.8 Å². The Balaban J connectivity index is 2.66. The summed E-state index contributed by atoms with van der Waals surface area (Å²) in [6.07, 6.45) is -2.05. The maximum absolute atomic E-state index is 9.89. The molecule has 5 atom stereocenters. The molecule has 1 heterocycles. The molecule has 5 N–H and O–H groups in total. The van der Waals surface area contributed by atoms with Gasteiger partial charge in [0.15, 0.2) is 0 Å². The highest BCUT2D eigenvalue weighted by Crippen LogP contribution is 2.20. The summed E-state index contributed by atoms with van der Waals surface area (Å²) in [7, 11) is 0. The van der Waals surface area contributed by atoms with E-state index < -0.39 is 24.5 Å². The van der Waals surface area contributed by atoms with E-state index in [-0.39, 0.29) is 12.1 Å². The number of hydrogen-bond acceptors (Lipinski definition) is 5. The standard InChI is InChI=1S/C10H22N2O3/c1-4-6-8(13)9(14)7(10(11)15-6)12-5(2)3/h5-10,12-14H,4,11H2,1-3H3. The van der Waals surface area contributed by atoms with Crippen LogP contribution in [0.4, 0.5) is 0 Å². The minimum Gasteiger partial charge on any atom is -0.389 e. The van der Waals surface area contributed by atoms with Crippen molar-refractivity contribution in [2.24, 2.45) is 5.73 Å². The molecule has 0 aromatic carbocycles. The van der Waals surface area contributed by atoms with Gasteiger partial charge in [-0.05, 0) is 6.42 Å². The first-order chi connectivity index (χ1) is 6.97. The third-order valence-corrected chi connectivity index (χ3v) is 2.71. The van der Waals surface area contributed by atoms with Gasteiger partial charge in [0.1, 0.15) is 18.4 Å². The van der Waals surface area contributed by atoms with Crippen LogP contribution < -0.4 is 11.1 Å². The Bertz CT molecular complexity index is 201. The van der Waals surface area contributed by atoms with E-state index >= 15 is 0 Å². The molecular formula is C10H22N2O3. The van der Waals surface area contributed by atoms with Crippen LogP contribution in [0.5, 0.6) is 0 Å². The van der Waals surface area contributed by atoms with E-state index in [4.69, 9.17) is 10.5 Å². The molecule has 90 valence electrons. The van der Waals surface area contributed by atoms with Crippen LogP contribution in [0, 0.1) is 0 Å². The van der Waals surface area contributed by atoms with E-state index in [1.165, 1.54) is 0 Å². The second kappa shape index (κ2) is 5.23. The molecule has 1 fully saturated rings. The van der Waals surface area contributed by atoms with Crippen molar-refractivity contribution in [1.29, 1.82) is 0 Å². The predicted molar refractivity (Wildman–Crippen MR) is 57.2 cm³/mol. The molecule has 0 amide bonds. The van der Waals surface area contributed by atoms with Gasteiger partial charge < -0.3 is 26.0 Å². The molecule has 0 spiro atoms.